The number of hydrogen-bond donors (Lipinski definition) is 4. The smallest absolute Gasteiger partial charge is 0.303 e. The van der Waals surface area contributed by atoms with Gasteiger partial charge in [0, 0.05) is 18.9 Å². The van der Waals surface area contributed by atoms with Crippen LogP contribution in [0.4, 0.5) is 0 Å². The van der Waals surface area contributed by atoms with Crippen molar-refractivity contribution in [3.63, 3.8) is 0 Å². The zero-order chi connectivity index (χ0) is 20.9. The highest BCUT2D eigenvalue weighted by Gasteiger charge is 2.28. The third-order valence-corrected chi connectivity index (χ3v) is 4.34. The first-order chi connectivity index (χ1) is 13.3. The van der Waals surface area contributed by atoms with Crippen LogP contribution in [0, 0.1) is 5.92 Å². The van der Waals surface area contributed by atoms with Crippen LogP contribution in [0.1, 0.15) is 44.6 Å². The van der Waals surface area contributed by atoms with Gasteiger partial charge in [0.2, 0.25) is 11.7 Å². The van der Waals surface area contributed by atoms with Gasteiger partial charge in [-0.15, -0.1) is 0 Å². The summed E-state index contributed by atoms with van der Waals surface area (Å²) in [6, 6.07) is 8.22. The third kappa shape index (κ3) is 8.77. The normalized spacial score (nSPS) is 12.6. The maximum absolute atomic E-state index is 12.5. The van der Waals surface area contributed by atoms with Gasteiger partial charge in [-0.25, -0.2) is 0 Å². The average molecular weight is 391 g/mol. The number of carbonyl (C=O) groups excluding carboxylic acids is 3. The molecule has 5 N–H and O–H groups in total. The fourth-order valence-corrected chi connectivity index (χ4v) is 2.57. The van der Waals surface area contributed by atoms with Gasteiger partial charge in [0.05, 0.1) is 6.04 Å². The number of aliphatic carboxylic acids is 1. The molecular formula is C20H29N3O5. The van der Waals surface area contributed by atoms with E-state index >= 15 is 0 Å². The molecule has 28 heavy (non-hydrogen) atoms. The zero-order valence-corrected chi connectivity index (χ0v) is 16.1. The molecule has 8 heteroatoms. The van der Waals surface area contributed by atoms with Gasteiger partial charge in [0.15, 0.2) is 0 Å². The van der Waals surface area contributed by atoms with Gasteiger partial charge in [-0.2, -0.15) is 0 Å². The first-order valence-electron chi connectivity index (χ1n) is 9.43. The molecule has 0 saturated carbocycles. The Balaban J connectivity index is 2.66. The largest absolute Gasteiger partial charge is 0.481 e. The predicted octanol–water partition coefficient (Wildman–Crippen LogP) is 0.987. The number of carboxylic acids is 1. The van der Waals surface area contributed by atoms with E-state index in [1.54, 1.807) is 6.92 Å². The number of carboxylic acid groups (broad SMARTS) is 1. The molecule has 0 fully saturated rings. The number of hydrogen-bond acceptors (Lipinski definition) is 5. The molecule has 0 heterocycles. The van der Waals surface area contributed by atoms with Gasteiger partial charge in [-0.05, 0) is 37.8 Å². The summed E-state index contributed by atoms with van der Waals surface area (Å²) >= 11 is 0. The van der Waals surface area contributed by atoms with Gasteiger partial charge in [-0.3, -0.25) is 19.2 Å². The van der Waals surface area contributed by atoms with Gasteiger partial charge in [0.1, 0.15) is 0 Å². The molecule has 1 aromatic carbocycles. The lowest BCUT2D eigenvalue weighted by atomic mass is 10.0. The van der Waals surface area contributed by atoms with Crippen LogP contribution < -0.4 is 16.4 Å². The molecule has 0 aromatic heterocycles. The molecule has 154 valence electrons. The lowest BCUT2D eigenvalue weighted by Crippen LogP contribution is -2.48. The molecule has 0 spiro atoms. The Morgan fingerprint density at radius 1 is 1.07 bits per heavy atom. The Labute approximate surface area is 164 Å². The van der Waals surface area contributed by atoms with E-state index in [4.69, 9.17) is 10.8 Å². The Morgan fingerprint density at radius 3 is 2.36 bits per heavy atom. The van der Waals surface area contributed by atoms with Gasteiger partial charge in [-0.1, -0.05) is 37.3 Å². The standard InChI is InChI=1S/C20H29N3O5/c1-14(10-11-17(24)25)19(27)23-16(9-5-6-12-21)18(26)20(28)22-13-15-7-3-2-4-8-15/h2-4,7-8,14,16H,5-6,9-13,21H2,1H3,(H,22,28)(H,23,27)(H,24,25)/t14-,16-/m0/s1. The SMILES string of the molecule is C[C@@H](CCC(=O)O)C(=O)N[C@@H](CCCCN)C(=O)C(=O)NCc1ccccc1. The van der Waals surface area contributed by atoms with E-state index in [-0.39, 0.29) is 19.4 Å². The van der Waals surface area contributed by atoms with Gasteiger partial charge in [0.25, 0.3) is 5.91 Å². The van der Waals surface area contributed by atoms with Crippen molar-refractivity contribution in [1.82, 2.24) is 10.6 Å². The maximum Gasteiger partial charge on any atom is 0.303 e. The second-order valence-corrected chi connectivity index (χ2v) is 6.71. The molecule has 0 aliphatic rings. The molecule has 1 rings (SSSR count). The van der Waals surface area contributed by atoms with E-state index in [0.29, 0.717) is 25.8 Å². The zero-order valence-electron chi connectivity index (χ0n) is 16.1. The van der Waals surface area contributed by atoms with Crippen molar-refractivity contribution < 1.29 is 24.3 Å². The Kier molecular flexibility index (Phi) is 10.5. The number of nitrogens with two attached hydrogens (primary N) is 1. The number of carbonyl (C=O) groups is 4. The van der Waals surface area contributed by atoms with Crippen LogP contribution in [0.3, 0.4) is 0 Å². The molecule has 1 aromatic rings. The van der Waals surface area contributed by atoms with Crippen molar-refractivity contribution in [3.8, 4) is 0 Å². The summed E-state index contributed by atoms with van der Waals surface area (Å²) in [5, 5.41) is 13.9. The number of Topliss-reactive ketones (excluding diaryl/α,β-unsaturated/α-hetero) is 1. The molecule has 0 unspecified atom stereocenters. The molecule has 0 aliphatic carbocycles. The van der Waals surface area contributed by atoms with Crippen LogP contribution in [-0.4, -0.2) is 41.3 Å². The quantitative estimate of drug-likeness (QED) is 0.292. The molecule has 2 atom stereocenters. The minimum Gasteiger partial charge on any atom is -0.481 e. The number of rotatable bonds is 13. The second kappa shape index (κ2) is 12.6. The highest BCUT2D eigenvalue weighted by Crippen LogP contribution is 2.09. The van der Waals surface area contributed by atoms with Crippen molar-refractivity contribution in [2.24, 2.45) is 11.7 Å². The van der Waals surface area contributed by atoms with Crippen LogP contribution >= 0.6 is 0 Å². The molecule has 2 amide bonds. The highest BCUT2D eigenvalue weighted by molar-refractivity contribution is 6.38. The van der Waals surface area contributed by atoms with Crippen molar-refractivity contribution >= 4 is 23.6 Å². The Bertz CT molecular complexity index is 663. The minimum absolute atomic E-state index is 0.141. The van der Waals surface area contributed by atoms with Crippen LogP contribution in [-0.2, 0) is 25.7 Å². The lowest BCUT2D eigenvalue weighted by Gasteiger charge is -2.19. The molecular weight excluding hydrogens is 362 g/mol. The van der Waals surface area contributed by atoms with Crippen LogP contribution in [0.2, 0.25) is 0 Å². The fourth-order valence-electron chi connectivity index (χ4n) is 2.57. The Hall–Kier alpha value is -2.74. The first-order valence-corrected chi connectivity index (χ1v) is 9.43. The van der Waals surface area contributed by atoms with Crippen LogP contribution in [0.5, 0.6) is 0 Å². The van der Waals surface area contributed by atoms with E-state index in [1.165, 1.54) is 0 Å². The predicted molar refractivity (Wildman–Crippen MR) is 104 cm³/mol. The fraction of sp³-hybridized carbons (Fsp3) is 0.500. The number of unbranched alkanes of at least 4 members (excludes halogenated alkanes) is 1. The second-order valence-electron chi connectivity index (χ2n) is 6.71. The summed E-state index contributed by atoms with van der Waals surface area (Å²) in [6.07, 6.45) is 1.57. The number of ketones is 1. The molecule has 0 aliphatic heterocycles. The van der Waals surface area contributed by atoms with Crippen LogP contribution in [0.15, 0.2) is 30.3 Å². The van der Waals surface area contributed by atoms with E-state index in [1.807, 2.05) is 30.3 Å². The Morgan fingerprint density at radius 2 is 1.75 bits per heavy atom. The summed E-state index contributed by atoms with van der Waals surface area (Å²) in [5.74, 6) is -3.49. The van der Waals surface area contributed by atoms with E-state index in [0.717, 1.165) is 5.56 Å². The summed E-state index contributed by atoms with van der Waals surface area (Å²) in [5.41, 5.74) is 6.33. The molecule has 0 saturated heterocycles. The summed E-state index contributed by atoms with van der Waals surface area (Å²) in [4.78, 5) is 47.7. The highest BCUT2D eigenvalue weighted by atomic mass is 16.4. The van der Waals surface area contributed by atoms with Crippen molar-refractivity contribution in [2.75, 3.05) is 6.54 Å². The summed E-state index contributed by atoms with van der Waals surface area (Å²) in [6.45, 7) is 2.25. The number of benzene rings is 1. The summed E-state index contributed by atoms with van der Waals surface area (Å²) in [7, 11) is 0. The van der Waals surface area contributed by atoms with Gasteiger partial charge < -0.3 is 21.5 Å². The average Bonchev–Trinajstić information content (AvgIpc) is 2.69. The van der Waals surface area contributed by atoms with E-state index < -0.39 is 35.5 Å². The maximum atomic E-state index is 12.5. The van der Waals surface area contributed by atoms with Crippen molar-refractivity contribution in [2.45, 2.75) is 51.6 Å². The topological polar surface area (TPSA) is 139 Å². The minimum atomic E-state index is -0.990. The van der Waals surface area contributed by atoms with E-state index in [9.17, 15) is 19.2 Å². The van der Waals surface area contributed by atoms with Crippen LogP contribution in [0.25, 0.3) is 0 Å². The van der Waals surface area contributed by atoms with E-state index in [2.05, 4.69) is 10.6 Å². The van der Waals surface area contributed by atoms with Crippen molar-refractivity contribution in [3.05, 3.63) is 35.9 Å². The first kappa shape index (κ1) is 23.3. The monoisotopic (exact) mass is 391 g/mol. The molecule has 0 radical (unpaired) electrons. The summed E-state index contributed by atoms with van der Waals surface area (Å²) < 4.78 is 0. The number of amides is 2. The van der Waals surface area contributed by atoms with Crippen molar-refractivity contribution in [1.29, 1.82) is 0 Å². The lowest BCUT2D eigenvalue weighted by molar-refractivity contribution is -0.140. The third-order valence-electron chi connectivity index (χ3n) is 4.34. The van der Waals surface area contributed by atoms with Gasteiger partial charge >= 0.3 is 5.97 Å². The molecule has 0 bridgehead atoms. The number of nitrogens with one attached hydrogen (secondary N) is 2. The molecule has 8 nitrogen and oxygen atoms in total.